The summed E-state index contributed by atoms with van der Waals surface area (Å²) in [5.74, 6) is 0.290. The van der Waals surface area contributed by atoms with Gasteiger partial charge in [-0.2, -0.15) is 26.3 Å². The molecule has 32 heavy (non-hydrogen) atoms. The third kappa shape index (κ3) is 4.50. The van der Waals surface area contributed by atoms with E-state index in [2.05, 4.69) is 0 Å². The number of nitrogens with one attached hydrogen (secondary N) is 2. The van der Waals surface area contributed by atoms with Crippen molar-refractivity contribution in [1.82, 2.24) is 10.6 Å². The normalized spacial score (nSPS) is 29.9. The molecule has 1 aromatic rings. The maximum atomic E-state index is 13.9. The van der Waals surface area contributed by atoms with Crippen molar-refractivity contribution >= 4 is 5.91 Å². The van der Waals surface area contributed by atoms with Crippen molar-refractivity contribution in [3.63, 3.8) is 0 Å². The number of hydrogen-bond acceptors (Lipinski definition) is 2. The van der Waals surface area contributed by atoms with Gasteiger partial charge in [0.15, 0.2) is 0 Å². The van der Waals surface area contributed by atoms with Crippen LogP contribution >= 0.6 is 0 Å². The summed E-state index contributed by atoms with van der Waals surface area (Å²) in [6.45, 7) is -0.462. The number of carbonyl (C=O) groups is 1. The minimum atomic E-state index is -5.75. The van der Waals surface area contributed by atoms with Gasteiger partial charge in [0.25, 0.3) is 5.66 Å². The molecule has 0 aromatic heterocycles. The highest BCUT2D eigenvalue weighted by atomic mass is 19.4. The second-order valence-corrected chi connectivity index (χ2v) is 10.1. The molecule has 0 saturated heterocycles. The number of benzene rings is 1. The Morgan fingerprint density at radius 3 is 1.84 bits per heavy atom. The molecular weight excluding hydrogens is 434 g/mol. The van der Waals surface area contributed by atoms with Gasteiger partial charge in [-0.15, -0.1) is 0 Å². The molecule has 4 saturated carbocycles. The smallest absolute Gasteiger partial charge is 0.322 e. The highest BCUT2D eigenvalue weighted by Crippen LogP contribution is 2.61. The average Bonchev–Trinajstić information content (AvgIpc) is 2.65. The van der Waals surface area contributed by atoms with Gasteiger partial charge in [-0.05, 0) is 80.2 Å². The molecule has 1 aromatic carbocycles. The lowest BCUT2D eigenvalue weighted by Gasteiger charge is -2.57. The highest BCUT2D eigenvalue weighted by Gasteiger charge is 2.72. The Morgan fingerprint density at radius 1 is 0.875 bits per heavy atom. The topological polar surface area (TPSA) is 41.1 Å². The van der Waals surface area contributed by atoms with Gasteiger partial charge >= 0.3 is 12.4 Å². The fraction of sp³-hybridized carbons (Fsp3) is 0.696. The highest BCUT2D eigenvalue weighted by molar-refractivity contribution is 5.79. The van der Waals surface area contributed by atoms with Crippen molar-refractivity contribution in [3.8, 4) is 0 Å². The summed E-state index contributed by atoms with van der Waals surface area (Å²) in [6.07, 6.45) is -5.78. The standard InChI is InChI=1S/C23H28F6N2O/c24-22(25,26)21(23(27,28)29,31-19(32)11-15-4-2-1-3-5-15)30-7-6-20-12-16-8-17(13-20)10-18(9-16)14-20/h1-5,16-18,30H,6-14H2,(H,31,32). The first-order chi connectivity index (χ1) is 14.9. The van der Waals surface area contributed by atoms with Crippen molar-refractivity contribution in [1.29, 1.82) is 0 Å². The van der Waals surface area contributed by atoms with E-state index < -0.39 is 36.9 Å². The van der Waals surface area contributed by atoms with Crippen LogP contribution in [0.1, 0.15) is 50.5 Å². The summed E-state index contributed by atoms with van der Waals surface area (Å²) in [7, 11) is 0. The van der Waals surface area contributed by atoms with Crippen LogP contribution in [-0.2, 0) is 11.2 Å². The summed E-state index contributed by atoms with van der Waals surface area (Å²) in [4.78, 5) is 12.3. The molecule has 9 heteroatoms. The van der Waals surface area contributed by atoms with Crippen LogP contribution in [0, 0.1) is 23.2 Å². The van der Waals surface area contributed by atoms with Gasteiger partial charge in [0.1, 0.15) is 0 Å². The van der Waals surface area contributed by atoms with Crippen LogP contribution in [0.15, 0.2) is 30.3 Å². The van der Waals surface area contributed by atoms with Crippen molar-refractivity contribution in [2.24, 2.45) is 23.2 Å². The molecule has 4 bridgehead atoms. The minimum absolute atomic E-state index is 0.182. The molecule has 178 valence electrons. The summed E-state index contributed by atoms with van der Waals surface area (Å²) >= 11 is 0. The molecule has 3 nitrogen and oxygen atoms in total. The van der Waals surface area contributed by atoms with E-state index in [1.54, 1.807) is 23.5 Å². The van der Waals surface area contributed by atoms with E-state index in [1.165, 1.54) is 17.4 Å². The number of carbonyl (C=O) groups excluding carboxylic acids is 1. The molecule has 0 aliphatic heterocycles. The zero-order valence-electron chi connectivity index (χ0n) is 17.7. The fourth-order valence-corrected chi connectivity index (χ4v) is 6.69. The van der Waals surface area contributed by atoms with Gasteiger partial charge in [-0.25, -0.2) is 0 Å². The van der Waals surface area contributed by atoms with Crippen molar-refractivity contribution in [2.75, 3.05) is 6.54 Å². The van der Waals surface area contributed by atoms with Crippen LogP contribution in [0.2, 0.25) is 0 Å². The Balaban J connectivity index is 1.48. The zero-order valence-corrected chi connectivity index (χ0v) is 17.7. The summed E-state index contributed by atoms with van der Waals surface area (Å²) in [6, 6.07) is 7.72. The summed E-state index contributed by atoms with van der Waals surface area (Å²) in [5, 5.41) is 2.99. The predicted octanol–water partition coefficient (Wildman–Crippen LogP) is 5.36. The number of amides is 1. The van der Waals surface area contributed by atoms with Crippen LogP contribution < -0.4 is 10.6 Å². The molecule has 1 amide bonds. The van der Waals surface area contributed by atoms with Crippen LogP contribution in [0.4, 0.5) is 26.3 Å². The molecular formula is C23H28F6N2O. The first-order valence-corrected chi connectivity index (χ1v) is 11.1. The molecule has 4 aliphatic carbocycles. The molecule has 2 N–H and O–H groups in total. The Kier molecular flexibility index (Phi) is 6.01. The Hall–Kier alpha value is -1.77. The average molecular weight is 462 g/mol. The second kappa shape index (κ2) is 8.22. The van der Waals surface area contributed by atoms with Gasteiger partial charge in [0.2, 0.25) is 5.91 Å². The van der Waals surface area contributed by atoms with E-state index in [4.69, 9.17) is 0 Å². The molecule has 0 heterocycles. The first kappa shape index (κ1) is 23.4. The van der Waals surface area contributed by atoms with Crippen LogP contribution in [0.25, 0.3) is 0 Å². The Labute approximate surface area is 183 Å². The van der Waals surface area contributed by atoms with E-state index in [0.29, 0.717) is 23.3 Å². The second-order valence-electron chi connectivity index (χ2n) is 10.1. The number of halogens is 6. The fourth-order valence-electron chi connectivity index (χ4n) is 6.69. The van der Waals surface area contributed by atoms with Crippen LogP contribution in [-0.4, -0.2) is 30.5 Å². The zero-order chi connectivity index (χ0) is 23.2. The molecule has 0 spiro atoms. The third-order valence-corrected chi connectivity index (χ3v) is 7.60. The quantitative estimate of drug-likeness (QED) is 0.423. The minimum Gasteiger partial charge on any atom is -0.322 e. The Morgan fingerprint density at radius 2 is 1.38 bits per heavy atom. The third-order valence-electron chi connectivity index (χ3n) is 7.60. The first-order valence-electron chi connectivity index (χ1n) is 11.1. The van der Waals surface area contributed by atoms with E-state index >= 15 is 0 Å². The van der Waals surface area contributed by atoms with Gasteiger partial charge in [-0.1, -0.05) is 30.3 Å². The van der Waals surface area contributed by atoms with E-state index in [-0.39, 0.29) is 11.8 Å². The monoisotopic (exact) mass is 462 g/mol. The van der Waals surface area contributed by atoms with Gasteiger partial charge < -0.3 is 5.32 Å². The maximum absolute atomic E-state index is 13.9. The number of hydrogen-bond donors (Lipinski definition) is 2. The molecule has 4 fully saturated rings. The van der Waals surface area contributed by atoms with Crippen LogP contribution in [0.5, 0.6) is 0 Å². The summed E-state index contributed by atoms with van der Waals surface area (Å²) < 4.78 is 83.2. The van der Waals surface area contributed by atoms with Crippen molar-refractivity contribution in [2.45, 2.75) is 69.4 Å². The largest absolute Gasteiger partial charge is 0.434 e. The van der Waals surface area contributed by atoms with E-state index in [1.807, 2.05) is 0 Å². The maximum Gasteiger partial charge on any atom is 0.434 e. The molecule has 0 unspecified atom stereocenters. The van der Waals surface area contributed by atoms with E-state index in [0.717, 1.165) is 38.5 Å². The van der Waals surface area contributed by atoms with Gasteiger partial charge in [0, 0.05) is 0 Å². The SMILES string of the molecule is O=C(Cc1ccccc1)NC(NCCC12CC3CC(CC(C3)C1)C2)(C(F)(F)F)C(F)(F)F. The van der Waals surface area contributed by atoms with E-state index in [9.17, 15) is 31.1 Å². The number of rotatable bonds is 7. The molecule has 5 rings (SSSR count). The molecule has 0 radical (unpaired) electrons. The number of alkyl halides is 6. The van der Waals surface area contributed by atoms with Crippen molar-refractivity contribution < 1.29 is 31.1 Å². The lowest BCUT2D eigenvalue weighted by atomic mass is 9.49. The summed E-state index contributed by atoms with van der Waals surface area (Å²) in [5.41, 5.74) is -4.33. The molecule has 4 aliphatic rings. The van der Waals surface area contributed by atoms with Crippen LogP contribution in [0.3, 0.4) is 0 Å². The van der Waals surface area contributed by atoms with Crippen molar-refractivity contribution in [3.05, 3.63) is 35.9 Å². The lowest BCUT2D eigenvalue weighted by molar-refractivity contribution is -0.316. The molecule has 0 atom stereocenters. The van der Waals surface area contributed by atoms with Gasteiger partial charge in [0.05, 0.1) is 6.42 Å². The lowest BCUT2D eigenvalue weighted by Crippen LogP contribution is -2.75. The van der Waals surface area contributed by atoms with Gasteiger partial charge in [-0.3, -0.25) is 10.1 Å². The predicted molar refractivity (Wildman–Crippen MR) is 106 cm³/mol. The Bertz CT molecular complexity index is 771.